The summed E-state index contributed by atoms with van der Waals surface area (Å²) >= 11 is 0. The molecular weight excluding hydrogens is 210 g/mol. The van der Waals surface area contributed by atoms with Crippen LogP contribution in [0.1, 0.15) is 51.0 Å². The summed E-state index contributed by atoms with van der Waals surface area (Å²) in [6.07, 6.45) is 10.8. The van der Waals surface area contributed by atoms with Gasteiger partial charge in [0.2, 0.25) is 0 Å². The Hall–Kier alpha value is -1.49. The van der Waals surface area contributed by atoms with Crippen molar-refractivity contribution in [2.24, 2.45) is 0 Å². The minimum absolute atomic E-state index is 0.624. The van der Waals surface area contributed by atoms with Crippen molar-refractivity contribution in [1.82, 2.24) is 0 Å². The molecule has 1 aromatic carbocycles. The van der Waals surface area contributed by atoms with Crippen LogP contribution in [-0.2, 0) is 6.42 Å². The number of benzene rings is 1. The van der Waals surface area contributed by atoms with Crippen LogP contribution in [-0.4, -0.2) is 0 Å². The summed E-state index contributed by atoms with van der Waals surface area (Å²) in [4.78, 5) is 0. The Balaban J connectivity index is 2.17. The molecule has 0 fully saturated rings. The summed E-state index contributed by atoms with van der Waals surface area (Å²) in [5, 5.41) is 8.36. The van der Waals surface area contributed by atoms with Gasteiger partial charge in [0.05, 0.1) is 0 Å². The van der Waals surface area contributed by atoms with Crippen molar-refractivity contribution >= 4 is 0 Å². The maximum atomic E-state index is 8.36. The Bertz CT molecular complexity index is 337. The summed E-state index contributed by atoms with van der Waals surface area (Å²) in [6, 6.07) is 7.79. The minimum Gasteiger partial charge on any atom is -0.388 e. The summed E-state index contributed by atoms with van der Waals surface area (Å²) in [6.45, 7) is 2.24. The highest BCUT2D eigenvalue weighted by Crippen LogP contribution is 2.14. The molecule has 0 saturated carbocycles. The monoisotopic (exact) mass is 231 g/mol. The number of ether oxygens (including phenoxy) is 1. The highest BCUT2D eigenvalue weighted by Gasteiger charge is 1.96. The molecule has 0 spiro atoms. The standard InChI is InChI=1S/C15H21NO/c1-2-3-4-5-6-7-8-14-9-11-15(12-10-14)17-13-16/h9-12H,2-8H2,1H3. The lowest BCUT2D eigenvalue weighted by molar-refractivity contribution is 0.507. The molecule has 1 aromatic rings. The molecular formula is C15H21NO. The molecule has 0 radical (unpaired) electrons. The number of hydrogen-bond donors (Lipinski definition) is 0. The Labute approximate surface area is 104 Å². The fourth-order valence-corrected chi connectivity index (χ4v) is 1.89. The van der Waals surface area contributed by atoms with E-state index in [-0.39, 0.29) is 0 Å². The Kier molecular flexibility index (Phi) is 6.90. The van der Waals surface area contributed by atoms with Crippen molar-refractivity contribution in [3.8, 4) is 12.0 Å². The van der Waals surface area contributed by atoms with Crippen molar-refractivity contribution in [1.29, 1.82) is 5.26 Å². The number of nitrogens with zero attached hydrogens (tertiary/aromatic N) is 1. The number of hydrogen-bond acceptors (Lipinski definition) is 2. The van der Waals surface area contributed by atoms with Crippen LogP contribution in [0.25, 0.3) is 0 Å². The van der Waals surface area contributed by atoms with Crippen LogP contribution in [0.3, 0.4) is 0 Å². The first-order valence-corrected chi connectivity index (χ1v) is 6.51. The molecule has 0 aliphatic carbocycles. The van der Waals surface area contributed by atoms with Gasteiger partial charge < -0.3 is 4.74 Å². The van der Waals surface area contributed by atoms with E-state index in [1.54, 1.807) is 6.26 Å². The van der Waals surface area contributed by atoms with E-state index in [4.69, 9.17) is 10.00 Å². The van der Waals surface area contributed by atoms with E-state index in [1.165, 1.54) is 44.1 Å². The van der Waals surface area contributed by atoms with Crippen LogP contribution < -0.4 is 4.74 Å². The van der Waals surface area contributed by atoms with Crippen LogP contribution in [0.4, 0.5) is 0 Å². The first kappa shape index (κ1) is 13.6. The second kappa shape index (κ2) is 8.64. The van der Waals surface area contributed by atoms with Crippen molar-refractivity contribution < 1.29 is 4.74 Å². The number of aryl methyl sites for hydroxylation is 1. The first-order chi connectivity index (χ1) is 8.36. The quantitative estimate of drug-likeness (QED) is 0.489. The van der Waals surface area contributed by atoms with Gasteiger partial charge in [0.25, 0.3) is 6.26 Å². The Morgan fingerprint density at radius 2 is 1.65 bits per heavy atom. The third kappa shape index (κ3) is 5.97. The fraction of sp³-hybridized carbons (Fsp3) is 0.533. The van der Waals surface area contributed by atoms with Crippen molar-refractivity contribution in [3.05, 3.63) is 29.8 Å². The first-order valence-electron chi connectivity index (χ1n) is 6.51. The van der Waals surface area contributed by atoms with E-state index < -0.39 is 0 Å². The van der Waals surface area contributed by atoms with Gasteiger partial charge >= 0.3 is 0 Å². The highest BCUT2D eigenvalue weighted by atomic mass is 16.5. The molecule has 92 valence electrons. The molecule has 2 heteroatoms. The molecule has 0 amide bonds. The summed E-state index contributed by atoms with van der Waals surface area (Å²) in [5.41, 5.74) is 1.32. The average molecular weight is 231 g/mol. The topological polar surface area (TPSA) is 33.0 Å². The van der Waals surface area contributed by atoms with E-state index in [9.17, 15) is 0 Å². The zero-order chi connectivity index (χ0) is 12.3. The third-order valence-electron chi connectivity index (χ3n) is 2.91. The van der Waals surface area contributed by atoms with Gasteiger partial charge in [-0.3, -0.25) is 0 Å². The Morgan fingerprint density at radius 3 is 2.29 bits per heavy atom. The van der Waals surface area contributed by atoms with E-state index in [2.05, 4.69) is 6.92 Å². The average Bonchev–Trinajstić information content (AvgIpc) is 2.36. The van der Waals surface area contributed by atoms with E-state index in [0.717, 1.165) is 6.42 Å². The van der Waals surface area contributed by atoms with E-state index >= 15 is 0 Å². The molecule has 0 N–H and O–H groups in total. The van der Waals surface area contributed by atoms with Crippen LogP contribution >= 0.6 is 0 Å². The maximum absolute atomic E-state index is 8.36. The number of nitriles is 1. The maximum Gasteiger partial charge on any atom is 0.292 e. The normalized spacial score (nSPS) is 9.88. The lowest BCUT2D eigenvalue weighted by Gasteiger charge is -2.02. The van der Waals surface area contributed by atoms with Crippen LogP contribution in [0.15, 0.2) is 24.3 Å². The molecule has 2 nitrogen and oxygen atoms in total. The summed E-state index contributed by atoms with van der Waals surface area (Å²) < 4.78 is 4.74. The predicted octanol–water partition coefficient (Wildman–Crippen LogP) is 4.45. The molecule has 0 saturated heterocycles. The zero-order valence-corrected chi connectivity index (χ0v) is 10.6. The third-order valence-corrected chi connectivity index (χ3v) is 2.91. The van der Waals surface area contributed by atoms with Crippen LogP contribution in [0.5, 0.6) is 5.75 Å². The van der Waals surface area contributed by atoms with Gasteiger partial charge in [-0.05, 0) is 30.5 Å². The molecule has 0 atom stereocenters. The van der Waals surface area contributed by atoms with Gasteiger partial charge in [-0.25, -0.2) is 0 Å². The minimum atomic E-state index is 0.624. The molecule has 1 rings (SSSR count). The largest absolute Gasteiger partial charge is 0.388 e. The van der Waals surface area contributed by atoms with Gasteiger partial charge in [0.1, 0.15) is 5.75 Å². The molecule has 0 heterocycles. The Morgan fingerprint density at radius 1 is 1.00 bits per heavy atom. The fourth-order valence-electron chi connectivity index (χ4n) is 1.89. The molecule has 0 aliphatic rings. The van der Waals surface area contributed by atoms with Gasteiger partial charge in [-0.2, -0.15) is 0 Å². The molecule has 0 unspecified atom stereocenters. The molecule has 0 bridgehead atoms. The van der Waals surface area contributed by atoms with Crippen LogP contribution in [0.2, 0.25) is 0 Å². The second-order valence-electron chi connectivity index (χ2n) is 4.36. The SMILES string of the molecule is CCCCCCCCc1ccc(OC#N)cc1. The predicted molar refractivity (Wildman–Crippen MR) is 69.8 cm³/mol. The van der Waals surface area contributed by atoms with E-state index in [0.29, 0.717) is 5.75 Å². The zero-order valence-electron chi connectivity index (χ0n) is 10.6. The summed E-state index contributed by atoms with van der Waals surface area (Å²) in [7, 11) is 0. The summed E-state index contributed by atoms with van der Waals surface area (Å²) in [5.74, 6) is 0.624. The lowest BCUT2D eigenvalue weighted by Crippen LogP contribution is -1.87. The van der Waals surface area contributed by atoms with Crippen LogP contribution in [0, 0.1) is 11.5 Å². The number of unbranched alkanes of at least 4 members (excludes halogenated alkanes) is 5. The van der Waals surface area contributed by atoms with Crippen molar-refractivity contribution in [2.75, 3.05) is 0 Å². The highest BCUT2D eigenvalue weighted by molar-refractivity contribution is 5.28. The second-order valence-corrected chi connectivity index (χ2v) is 4.36. The number of rotatable bonds is 8. The van der Waals surface area contributed by atoms with Gasteiger partial charge in [-0.1, -0.05) is 51.2 Å². The smallest absolute Gasteiger partial charge is 0.292 e. The van der Waals surface area contributed by atoms with Crippen molar-refractivity contribution in [3.63, 3.8) is 0 Å². The molecule has 0 aromatic heterocycles. The van der Waals surface area contributed by atoms with Gasteiger partial charge in [0.15, 0.2) is 0 Å². The van der Waals surface area contributed by atoms with Crippen molar-refractivity contribution in [2.45, 2.75) is 51.9 Å². The van der Waals surface area contributed by atoms with Gasteiger partial charge in [-0.15, -0.1) is 5.26 Å². The molecule has 0 aliphatic heterocycles. The lowest BCUT2D eigenvalue weighted by atomic mass is 10.1. The molecule has 17 heavy (non-hydrogen) atoms. The van der Waals surface area contributed by atoms with E-state index in [1.807, 2.05) is 24.3 Å². The van der Waals surface area contributed by atoms with Gasteiger partial charge in [0, 0.05) is 0 Å².